The smallest absolute Gasteiger partial charge is 0.394 e. The second-order valence-corrected chi connectivity index (χ2v) is 12.4. The van der Waals surface area contributed by atoms with Gasteiger partial charge in [-0.1, -0.05) is 53.7 Å². The number of oxime groups is 1. The number of amides is 1. The monoisotopic (exact) mass is 701 g/mol. The summed E-state index contributed by atoms with van der Waals surface area (Å²) in [5, 5.41) is 5.41. The Hall–Kier alpha value is -4.40. The quantitative estimate of drug-likeness (QED) is 0.0907. The van der Waals surface area contributed by atoms with Gasteiger partial charge in [0.05, 0.1) is 24.3 Å². The summed E-state index contributed by atoms with van der Waals surface area (Å²) in [5.41, 5.74) is -0.480. The molecular formula is C36H37F6N5O3. The van der Waals surface area contributed by atoms with E-state index in [-0.39, 0.29) is 19.2 Å². The minimum atomic E-state index is -5.07. The lowest BCUT2D eigenvalue weighted by atomic mass is 9.98. The second kappa shape index (κ2) is 15.2. The molecule has 14 heteroatoms. The molecule has 266 valence electrons. The number of hydrogen-bond donors (Lipinski definition) is 1. The molecule has 4 aromatic rings. The van der Waals surface area contributed by atoms with Gasteiger partial charge < -0.3 is 19.5 Å². The number of benzene rings is 3. The van der Waals surface area contributed by atoms with Crippen LogP contribution in [0.3, 0.4) is 0 Å². The van der Waals surface area contributed by atoms with Crippen LogP contribution in [0.25, 0.3) is 10.9 Å². The van der Waals surface area contributed by atoms with Crippen molar-refractivity contribution in [3.63, 3.8) is 0 Å². The van der Waals surface area contributed by atoms with Crippen molar-refractivity contribution in [2.75, 3.05) is 65.6 Å². The average molecular weight is 702 g/mol. The van der Waals surface area contributed by atoms with Crippen molar-refractivity contribution >= 4 is 22.5 Å². The Balaban J connectivity index is 1.26. The number of nitrogens with zero attached hydrogens (tertiary/aromatic N) is 4. The van der Waals surface area contributed by atoms with Crippen molar-refractivity contribution in [2.24, 2.45) is 5.16 Å². The van der Waals surface area contributed by atoms with E-state index in [9.17, 15) is 31.1 Å². The third-order valence-corrected chi connectivity index (χ3v) is 9.05. The molecule has 2 saturated heterocycles. The van der Waals surface area contributed by atoms with Crippen molar-refractivity contribution in [3.05, 3.63) is 107 Å². The number of aromatic nitrogens is 1. The normalized spacial score (nSPS) is 18.5. The molecule has 0 bridgehead atoms. The van der Waals surface area contributed by atoms with Crippen LogP contribution in [0.4, 0.5) is 26.3 Å². The Bertz CT molecular complexity index is 1750. The van der Waals surface area contributed by atoms with Gasteiger partial charge in [-0.2, -0.15) is 26.3 Å². The standard InChI is InChI=1S/C36H37F6N5O3/c37-35(38,39)28-18-26(19-29(21-28)36(40,41)42)34(48)47-11-10-46(23-30(47)20-27-22-43-32-9-5-4-8-31(27)32)24-33(25-6-2-1-3-7-25)44-50-17-14-45-12-15-49-16-13-45/h1-9,18-19,21-22,30,43H,10-17,20,23-24H2/b44-33-/t30-/m1/s1. The molecule has 0 radical (unpaired) electrons. The minimum Gasteiger partial charge on any atom is -0.394 e. The molecule has 0 unspecified atom stereocenters. The molecule has 0 spiro atoms. The number of morpholine rings is 1. The fourth-order valence-corrected chi connectivity index (χ4v) is 6.44. The summed E-state index contributed by atoms with van der Waals surface area (Å²) in [7, 11) is 0. The van der Waals surface area contributed by atoms with Gasteiger partial charge >= 0.3 is 12.4 Å². The maximum absolute atomic E-state index is 13.9. The highest BCUT2D eigenvalue weighted by atomic mass is 19.4. The predicted octanol–water partition coefficient (Wildman–Crippen LogP) is 6.33. The zero-order valence-electron chi connectivity index (χ0n) is 27.1. The summed E-state index contributed by atoms with van der Waals surface area (Å²) < 4.78 is 87.6. The summed E-state index contributed by atoms with van der Waals surface area (Å²) in [4.78, 5) is 28.6. The summed E-state index contributed by atoms with van der Waals surface area (Å²) in [6, 6.07) is 17.5. The number of hydrogen-bond acceptors (Lipinski definition) is 6. The Morgan fingerprint density at radius 2 is 1.52 bits per heavy atom. The Morgan fingerprint density at radius 3 is 2.22 bits per heavy atom. The number of H-pyrrole nitrogens is 1. The van der Waals surface area contributed by atoms with Gasteiger partial charge in [0.2, 0.25) is 0 Å². The molecule has 2 aliphatic heterocycles. The SMILES string of the molecule is O=C(c1cc(C(F)(F)F)cc(C(F)(F)F)c1)N1CCN(C/C(=N/OCCN2CCOCC2)c2ccccc2)C[C@H]1Cc1c[nH]c2ccccc12. The van der Waals surface area contributed by atoms with E-state index in [1.807, 2.05) is 60.8 Å². The Morgan fingerprint density at radius 1 is 0.840 bits per heavy atom. The number of aromatic amines is 1. The molecule has 0 aliphatic carbocycles. The number of para-hydroxylation sites is 1. The molecule has 50 heavy (non-hydrogen) atoms. The van der Waals surface area contributed by atoms with Crippen molar-refractivity contribution in [1.82, 2.24) is 19.7 Å². The fraction of sp³-hybridized carbons (Fsp3) is 0.389. The first-order valence-corrected chi connectivity index (χ1v) is 16.4. The van der Waals surface area contributed by atoms with Crippen molar-refractivity contribution in [2.45, 2.75) is 24.8 Å². The number of fused-ring (bicyclic) bond motifs is 1. The van der Waals surface area contributed by atoms with Crippen LogP contribution in [0.5, 0.6) is 0 Å². The van der Waals surface area contributed by atoms with Gasteiger partial charge in [0, 0.05) is 80.1 Å². The molecule has 0 saturated carbocycles. The summed E-state index contributed by atoms with van der Waals surface area (Å²) in [5.74, 6) is -0.894. The van der Waals surface area contributed by atoms with E-state index in [4.69, 9.17) is 9.57 Å². The molecular weight excluding hydrogens is 664 g/mol. The van der Waals surface area contributed by atoms with Crippen LogP contribution in [0.2, 0.25) is 0 Å². The van der Waals surface area contributed by atoms with Gasteiger partial charge in [0.1, 0.15) is 12.3 Å². The Kier molecular flexibility index (Phi) is 10.8. The van der Waals surface area contributed by atoms with E-state index in [0.29, 0.717) is 63.7 Å². The Labute approximate surface area is 285 Å². The molecule has 1 atom stereocenters. The summed E-state index contributed by atoms with van der Waals surface area (Å²) in [6.07, 6.45) is -8.02. The lowest BCUT2D eigenvalue weighted by Crippen LogP contribution is -2.56. The van der Waals surface area contributed by atoms with Crippen LogP contribution in [0.15, 0.2) is 84.1 Å². The first-order valence-electron chi connectivity index (χ1n) is 16.4. The number of halogens is 6. The molecule has 2 aliphatic rings. The molecule has 8 nitrogen and oxygen atoms in total. The molecule has 3 heterocycles. The maximum atomic E-state index is 13.9. The first kappa shape index (κ1) is 35.4. The zero-order chi connectivity index (χ0) is 35.3. The summed E-state index contributed by atoms with van der Waals surface area (Å²) in [6.45, 7) is 5.05. The first-order chi connectivity index (χ1) is 24.0. The highest BCUT2D eigenvalue weighted by Crippen LogP contribution is 2.37. The number of alkyl halides is 6. The van der Waals surface area contributed by atoms with Gasteiger partial charge in [-0.05, 0) is 36.2 Å². The number of nitrogens with one attached hydrogen (secondary N) is 1. The molecule has 1 aromatic heterocycles. The van der Waals surface area contributed by atoms with E-state index >= 15 is 0 Å². The van der Waals surface area contributed by atoms with Gasteiger partial charge in [-0.25, -0.2) is 0 Å². The largest absolute Gasteiger partial charge is 0.416 e. The molecule has 1 N–H and O–H groups in total. The van der Waals surface area contributed by atoms with Gasteiger partial charge in [-0.15, -0.1) is 0 Å². The third-order valence-electron chi connectivity index (χ3n) is 9.05. The fourth-order valence-electron chi connectivity index (χ4n) is 6.44. The van der Waals surface area contributed by atoms with E-state index in [2.05, 4.69) is 19.9 Å². The van der Waals surface area contributed by atoms with Crippen LogP contribution >= 0.6 is 0 Å². The van der Waals surface area contributed by atoms with Crippen molar-refractivity contribution in [3.8, 4) is 0 Å². The summed E-state index contributed by atoms with van der Waals surface area (Å²) >= 11 is 0. The van der Waals surface area contributed by atoms with Gasteiger partial charge in [-0.3, -0.25) is 14.6 Å². The zero-order valence-corrected chi connectivity index (χ0v) is 27.1. The van der Waals surface area contributed by atoms with Crippen molar-refractivity contribution in [1.29, 1.82) is 0 Å². The third kappa shape index (κ3) is 8.66. The molecule has 6 rings (SSSR count). The van der Waals surface area contributed by atoms with Gasteiger partial charge in [0.15, 0.2) is 0 Å². The number of carbonyl (C=O) groups excluding carboxylic acids is 1. The van der Waals surface area contributed by atoms with E-state index < -0.39 is 41.0 Å². The van der Waals surface area contributed by atoms with E-state index in [1.165, 1.54) is 4.90 Å². The van der Waals surface area contributed by atoms with Crippen molar-refractivity contribution < 1.29 is 40.7 Å². The maximum Gasteiger partial charge on any atom is 0.416 e. The molecule has 3 aromatic carbocycles. The van der Waals surface area contributed by atoms with E-state index in [0.717, 1.165) is 35.1 Å². The minimum absolute atomic E-state index is 0.0333. The highest BCUT2D eigenvalue weighted by Gasteiger charge is 2.39. The predicted molar refractivity (Wildman–Crippen MR) is 176 cm³/mol. The lowest BCUT2D eigenvalue weighted by molar-refractivity contribution is -0.143. The number of ether oxygens (including phenoxy) is 1. The van der Waals surface area contributed by atoms with E-state index in [1.54, 1.807) is 0 Å². The lowest BCUT2D eigenvalue weighted by Gasteiger charge is -2.42. The number of carbonyl (C=O) groups is 1. The highest BCUT2D eigenvalue weighted by molar-refractivity contribution is 6.01. The van der Waals surface area contributed by atoms with Crippen LogP contribution in [-0.2, 0) is 28.3 Å². The molecule has 1 amide bonds. The topological polar surface area (TPSA) is 73.4 Å². The average Bonchev–Trinajstić information content (AvgIpc) is 3.52. The van der Waals surface area contributed by atoms with Crippen LogP contribution < -0.4 is 0 Å². The van der Waals surface area contributed by atoms with Gasteiger partial charge in [0.25, 0.3) is 5.91 Å². The number of piperazine rings is 1. The number of rotatable bonds is 10. The van der Waals surface area contributed by atoms with Crippen LogP contribution in [0, 0.1) is 0 Å². The second-order valence-electron chi connectivity index (χ2n) is 12.4. The molecule has 2 fully saturated rings. The van der Waals surface area contributed by atoms with Crippen LogP contribution in [-0.4, -0.2) is 103 Å². The van der Waals surface area contributed by atoms with Crippen LogP contribution in [0.1, 0.15) is 32.6 Å².